The van der Waals surface area contributed by atoms with E-state index in [1.54, 1.807) is 30.3 Å². The Bertz CT molecular complexity index is 808. The number of carboxylic acid groups (broad SMARTS) is 1. The number of hydrogen-bond acceptors (Lipinski definition) is 5. The molecule has 0 unspecified atom stereocenters. The summed E-state index contributed by atoms with van der Waals surface area (Å²) in [6.45, 7) is 6.60. The molecule has 0 aliphatic carbocycles. The topological polar surface area (TPSA) is 115 Å². The number of carboxylic acids is 1. The van der Waals surface area contributed by atoms with Gasteiger partial charge in [0.25, 0.3) is 0 Å². The summed E-state index contributed by atoms with van der Waals surface area (Å²) in [6, 6.07) is 8.30. The van der Waals surface area contributed by atoms with Crippen molar-refractivity contribution in [2.75, 3.05) is 0 Å². The highest BCUT2D eigenvalue weighted by atomic mass is 16.4. The number of unbranched alkanes of at least 4 members (excludes halogenated alkanes) is 18. The Morgan fingerprint density at radius 1 is 0.500 bits per heavy atom. The molecule has 0 aromatic heterocycles. The average molecular weight is 616 g/mol. The Morgan fingerprint density at radius 3 is 1.02 bits per heavy atom. The Balaban J connectivity index is 0.00000174. The van der Waals surface area contributed by atoms with Gasteiger partial charge in [-0.15, -0.1) is 0 Å². The molecule has 0 aliphatic rings. The molecule has 0 saturated carbocycles. The zero-order chi connectivity index (χ0) is 32.9. The van der Waals surface area contributed by atoms with Crippen LogP contribution in [0.15, 0.2) is 30.3 Å². The molecule has 0 heterocycles. The minimum atomic E-state index is -1.91. The number of carbonyl (C=O) groups excluding carboxylic acids is 3. The first-order valence-electron chi connectivity index (χ1n) is 17.9. The summed E-state index contributed by atoms with van der Waals surface area (Å²) in [5, 5.41) is 8.38. The molecule has 0 fully saturated rings. The Hall–Kier alpha value is -2.34. The van der Waals surface area contributed by atoms with Crippen LogP contribution >= 0.6 is 0 Å². The number of rotatable bonds is 28. The normalized spacial score (nSPS) is 11.1. The molecule has 0 aliphatic heterocycles. The van der Waals surface area contributed by atoms with Crippen molar-refractivity contribution < 1.29 is 24.3 Å². The van der Waals surface area contributed by atoms with E-state index in [9.17, 15) is 19.2 Å². The third kappa shape index (κ3) is 19.8. The fourth-order valence-corrected chi connectivity index (χ4v) is 5.37. The van der Waals surface area contributed by atoms with Crippen LogP contribution in [0.1, 0.15) is 185 Å². The van der Waals surface area contributed by atoms with Crippen LogP contribution in [0, 0.1) is 0 Å². The third-order valence-electron chi connectivity index (χ3n) is 8.36. The van der Waals surface area contributed by atoms with Crippen LogP contribution in [0.5, 0.6) is 0 Å². The molecule has 252 valence electrons. The molecule has 3 N–H and O–H groups in total. The maximum absolute atomic E-state index is 13.1. The number of aromatic carboxylic acids is 1. The van der Waals surface area contributed by atoms with Gasteiger partial charge in [0, 0.05) is 19.3 Å². The molecule has 0 saturated heterocycles. The van der Waals surface area contributed by atoms with E-state index in [4.69, 9.17) is 10.8 Å². The monoisotopic (exact) mass is 615 g/mol. The summed E-state index contributed by atoms with van der Waals surface area (Å²) in [6.07, 6.45) is 23.8. The van der Waals surface area contributed by atoms with Gasteiger partial charge in [-0.05, 0) is 31.4 Å². The fraction of sp³-hybridized carbons (Fsp3) is 0.737. The van der Waals surface area contributed by atoms with Gasteiger partial charge in [-0.2, -0.15) is 0 Å². The largest absolute Gasteiger partial charge is 0.478 e. The van der Waals surface area contributed by atoms with Crippen LogP contribution in [0.3, 0.4) is 0 Å². The fourth-order valence-electron chi connectivity index (χ4n) is 5.37. The maximum Gasteiger partial charge on any atom is 0.335 e. The number of Topliss-reactive ketones (excluding diaryl/α,β-unsaturated/α-hetero) is 3. The lowest BCUT2D eigenvalue weighted by Crippen LogP contribution is -2.61. The second-order valence-corrected chi connectivity index (χ2v) is 12.4. The van der Waals surface area contributed by atoms with E-state index in [2.05, 4.69) is 20.8 Å². The van der Waals surface area contributed by atoms with Crippen molar-refractivity contribution >= 4 is 23.3 Å². The minimum absolute atomic E-state index is 0.246. The van der Waals surface area contributed by atoms with E-state index >= 15 is 0 Å². The number of carbonyl (C=O) groups is 4. The van der Waals surface area contributed by atoms with Crippen molar-refractivity contribution in [2.24, 2.45) is 5.73 Å². The smallest absolute Gasteiger partial charge is 0.335 e. The van der Waals surface area contributed by atoms with Gasteiger partial charge in [-0.25, -0.2) is 4.79 Å². The van der Waals surface area contributed by atoms with Crippen molar-refractivity contribution in [2.45, 2.75) is 180 Å². The van der Waals surface area contributed by atoms with E-state index < -0.39 is 11.5 Å². The van der Waals surface area contributed by atoms with Gasteiger partial charge < -0.3 is 10.8 Å². The molecule has 0 radical (unpaired) electrons. The van der Waals surface area contributed by atoms with Crippen molar-refractivity contribution in [3.63, 3.8) is 0 Å². The Labute approximate surface area is 269 Å². The number of hydrogen-bond donors (Lipinski definition) is 2. The molecule has 0 atom stereocenters. The van der Waals surface area contributed by atoms with E-state index in [1.807, 2.05) is 0 Å². The van der Waals surface area contributed by atoms with Gasteiger partial charge in [-0.3, -0.25) is 14.4 Å². The Morgan fingerprint density at radius 2 is 0.773 bits per heavy atom. The minimum Gasteiger partial charge on any atom is -0.478 e. The highest BCUT2D eigenvalue weighted by Gasteiger charge is 2.46. The Kier molecular flexibility index (Phi) is 26.7. The van der Waals surface area contributed by atoms with Crippen molar-refractivity contribution in [3.8, 4) is 0 Å². The SMILES string of the molecule is CCCCCCCCCC(=O)C(N)(C(=O)CCCCCCCCC)C(=O)CCCCCCCCC.O=C(O)c1ccccc1. The van der Waals surface area contributed by atoms with Gasteiger partial charge in [0.15, 0.2) is 22.9 Å². The second-order valence-electron chi connectivity index (χ2n) is 12.4. The summed E-state index contributed by atoms with van der Waals surface area (Å²) in [7, 11) is 0. The molecule has 1 aromatic rings. The van der Waals surface area contributed by atoms with Gasteiger partial charge in [0.1, 0.15) is 0 Å². The van der Waals surface area contributed by atoms with Crippen LogP contribution in [0.25, 0.3) is 0 Å². The van der Waals surface area contributed by atoms with Crippen molar-refractivity contribution in [3.05, 3.63) is 35.9 Å². The van der Waals surface area contributed by atoms with Crippen LogP contribution in [-0.4, -0.2) is 34.0 Å². The van der Waals surface area contributed by atoms with Gasteiger partial charge in [0.05, 0.1) is 5.56 Å². The molecule has 6 nitrogen and oxygen atoms in total. The third-order valence-corrected chi connectivity index (χ3v) is 8.36. The lowest BCUT2D eigenvalue weighted by molar-refractivity contribution is -0.142. The number of ketones is 3. The standard InChI is InChI=1S/C31H59NO3.C7H6O2/c1-4-7-10-13-16-19-22-25-28(33)31(32,29(34)26-23-20-17-14-11-8-5-2)30(35)27-24-21-18-15-12-9-6-3;8-7(9)6-4-2-1-3-5-6/h4-27,32H2,1-3H3;1-5H,(H,8,9). The van der Waals surface area contributed by atoms with E-state index in [1.165, 1.54) is 77.0 Å². The quantitative estimate of drug-likeness (QED) is 0.0716. The summed E-state index contributed by atoms with van der Waals surface area (Å²) in [4.78, 5) is 49.6. The summed E-state index contributed by atoms with van der Waals surface area (Å²) >= 11 is 0. The highest BCUT2D eigenvalue weighted by Crippen LogP contribution is 2.21. The van der Waals surface area contributed by atoms with Gasteiger partial charge >= 0.3 is 5.97 Å². The van der Waals surface area contributed by atoms with E-state index in [-0.39, 0.29) is 36.6 Å². The molecule has 1 aromatic carbocycles. The van der Waals surface area contributed by atoms with Gasteiger partial charge in [0.2, 0.25) is 0 Å². The molecule has 6 heteroatoms. The van der Waals surface area contributed by atoms with Crippen molar-refractivity contribution in [1.82, 2.24) is 0 Å². The maximum atomic E-state index is 13.1. The van der Waals surface area contributed by atoms with Crippen LogP contribution in [-0.2, 0) is 14.4 Å². The van der Waals surface area contributed by atoms with Crippen LogP contribution in [0.4, 0.5) is 0 Å². The zero-order valence-electron chi connectivity index (χ0n) is 28.5. The first kappa shape index (κ1) is 41.7. The highest BCUT2D eigenvalue weighted by molar-refractivity contribution is 6.29. The van der Waals surface area contributed by atoms with Crippen LogP contribution < -0.4 is 5.73 Å². The number of nitrogens with two attached hydrogens (primary N) is 1. The summed E-state index contributed by atoms with van der Waals surface area (Å²) in [5.74, 6) is -1.90. The second kappa shape index (κ2) is 28.2. The molecule has 0 spiro atoms. The van der Waals surface area contributed by atoms with E-state index in [0.29, 0.717) is 5.56 Å². The summed E-state index contributed by atoms with van der Waals surface area (Å²) < 4.78 is 0. The predicted octanol–water partition coefficient (Wildman–Crippen LogP) is 10.2. The molecule has 0 bridgehead atoms. The first-order valence-corrected chi connectivity index (χ1v) is 17.9. The average Bonchev–Trinajstić information content (AvgIpc) is 3.03. The molecule has 44 heavy (non-hydrogen) atoms. The molecular weight excluding hydrogens is 550 g/mol. The molecular formula is C38H65NO5. The summed E-state index contributed by atoms with van der Waals surface area (Å²) in [5.41, 5.74) is 4.84. The van der Waals surface area contributed by atoms with Crippen molar-refractivity contribution in [1.29, 1.82) is 0 Å². The predicted molar refractivity (Wildman–Crippen MR) is 183 cm³/mol. The molecule has 0 amide bonds. The lowest BCUT2D eigenvalue weighted by atomic mass is 9.79. The lowest BCUT2D eigenvalue weighted by Gasteiger charge is -2.25. The molecule has 1 rings (SSSR count). The van der Waals surface area contributed by atoms with Gasteiger partial charge in [-0.1, -0.05) is 155 Å². The van der Waals surface area contributed by atoms with E-state index in [0.717, 1.165) is 57.8 Å². The van der Waals surface area contributed by atoms with Crippen LogP contribution in [0.2, 0.25) is 0 Å². The number of benzene rings is 1. The zero-order valence-corrected chi connectivity index (χ0v) is 28.5. The first-order chi connectivity index (χ1) is 21.2.